The molecule has 3 N–H and O–H groups in total. The lowest BCUT2D eigenvalue weighted by Crippen LogP contribution is -2.49. The van der Waals surface area contributed by atoms with Crippen molar-refractivity contribution in [2.75, 3.05) is 11.9 Å². The molecular formula is C16H22ClN3O2. The zero-order valence-electron chi connectivity index (χ0n) is 13.0. The number of urea groups is 1. The standard InChI is InChI=1S/C16H22ClN3O2/c1-3-10-5-7-13(17)12(4-2)15(10)20-16(22)19-11-6-8-14(21)18-9-11/h5,7,11H,3-4,6,8-9H2,1-2H3,(H,18,21)(H2,19,20,22)/t11-/m0/s1. The molecule has 22 heavy (non-hydrogen) atoms. The van der Waals surface area contributed by atoms with Crippen LogP contribution in [0.5, 0.6) is 0 Å². The van der Waals surface area contributed by atoms with Gasteiger partial charge in [-0.25, -0.2) is 4.79 Å². The van der Waals surface area contributed by atoms with E-state index < -0.39 is 0 Å². The minimum absolute atomic E-state index is 0.0352. The molecule has 3 amide bonds. The van der Waals surface area contributed by atoms with Gasteiger partial charge in [-0.1, -0.05) is 31.5 Å². The number of anilines is 1. The summed E-state index contributed by atoms with van der Waals surface area (Å²) in [6.07, 6.45) is 2.68. The molecule has 1 heterocycles. The van der Waals surface area contributed by atoms with Crippen LogP contribution in [0.3, 0.4) is 0 Å². The van der Waals surface area contributed by atoms with Crippen LogP contribution < -0.4 is 16.0 Å². The topological polar surface area (TPSA) is 70.2 Å². The maximum absolute atomic E-state index is 12.2. The van der Waals surface area contributed by atoms with Crippen molar-refractivity contribution in [3.63, 3.8) is 0 Å². The van der Waals surface area contributed by atoms with Gasteiger partial charge in [-0.3, -0.25) is 4.79 Å². The van der Waals surface area contributed by atoms with Gasteiger partial charge in [0.2, 0.25) is 5.91 Å². The monoisotopic (exact) mass is 323 g/mol. The molecule has 1 aromatic carbocycles. The first-order chi connectivity index (χ1) is 10.5. The minimum atomic E-state index is -0.257. The normalized spacial score (nSPS) is 17.8. The van der Waals surface area contributed by atoms with Gasteiger partial charge in [0.1, 0.15) is 0 Å². The van der Waals surface area contributed by atoms with Crippen LogP contribution >= 0.6 is 11.6 Å². The SMILES string of the molecule is CCc1ccc(Cl)c(CC)c1NC(=O)N[C@H]1CCC(=O)NC1. The molecule has 1 aliphatic heterocycles. The molecule has 0 bridgehead atoms. The summed E-state index contributed by atoms with van der Waals surface area (Å²) in [6.45, 7) is 4.53. The van der Waals surface area contributed by atoms with Gasteiger partial charge in [0, 0.05) is 24.0 Å². The van der Waals surface area contributed by atoms with Crippen LogP contribution in [0.1, 0.15) is 37.8 Å². The molecule has 120 valence electrons. The molecule has 1 fully saturated rings. The van der Waals surface area contributed by atoms with E-state index in [1.807, 2.05) is 26.0 Å². The molecule has 0 aromatic heterocycles. The van der Waals surface area contributed by atoms with Crippen LogP contribution in [0.4, 0.5) is 10.5 Å². The van der Waals surface area contributed by atoms with Crippen molar-refractivity contribution in [3.8, 4) is 0 Å². The van der Waals surface area contributed by atoms with Crippen LogP contribution in [-0.4, -0.2) is 24.5 Å². The number of piperidine rings is 1. The van der Waals surface area contributed by atoms with E-state index in [2.05, 4.69) is 16.0 Å². The second-order valence-corrected chi connectivity index (χ2v) is 5.81. The molecule has 5 nitrogen and oxygen atoms in total. The van der Waals surface area contributed by atoms with Crippen molar-refractivity contribution in [1.82, 2.24) is 10.6 Å². The van der Waals surface area contributed by atoms with Crippen LogP contribution in [0.15, 0.2) is 12.1 Å². The fourth-order valence-electron chi connectivity index (χ4n) is 2.66. The fourth-order valence-corrected chi connectivity index (χ4v) is 2.95. The number of hydrogen-bond acceptors (Lipinski definition) is 2. The van der Waals surface area contributed by atoms with Crippen LogP contribution in [0.2, 0.25) is 5.02 Å². The zero-order valence-corrected chi connectivity index (χ0v) is 13.7. The summed E-state index contributed by atoms with van der Waals surface area (Å²) < 4.78 is 0. The van der Waals surface area contributed by atoms with E-state index in [4.69, 9.17) is 11.6 Å². The van der Waals surface area contributed by atoms with Crippen molar-refractivity contribution in [2.24, 2.45) is 0 Å². The Bertz CT molecular complexity index is 565. The lowest BCUT2D eigenvalue weighted by atomic mass is 10.0. The van der Waals surface area contributed by atoms with Crippen molar-refractivity contribution in [1.29, 1.82) is 0 Å². The van der Waals surface area contributed by atoms with E-state index in [0.717, 1.165) is 29.7 Å². The van der Waals surface area contributed by atoms with Crippen molar-refractivity contribution >= 4 is 29.2 Å². The number of carbonyl (C=O) groups is 2. The second-order valence-electron chi connectivity index (χ2n) is 5.41. The average molecular weight is 324 g/mol. The molecule has 1 aliphatic rings. The number of nitrogens with one attached hydrogen (secondary N) is 3. The van der Waals surface area contributed by atoms with Crippen molar-refractivity contribution < 1.29 is 9.59 Å². The van der Waals surface area contributed by atoms with Crippen LogP contribution in [0, 0.1) is 0 Å². The molecule has 0 spiro atoms. The molecular weight excluding hydrogens is 302 g/mol. The molecule has 1 aromatic rings. The van der Waals surface area contributed by atoms with Gasteiger partial charge in [-0.2, -0.15) is 0 Å². The summed E-state index contributed by atoms with van der Waals surface area (Å²) in [5.74, 6) is 0.0369. The minimum Gasteiger partial charge on any atom is -0.354 e. The van der Waals surface area contributed by atoms with E-state index in [-0.39, 0.29) is 18.0 Å². The number of hydrogen-bond donors (Lipinski definition) is 3. The Kier molecular flexibility index (Phi) is 5.66. The summed E-state index contributed by atoms with van der Waals surface area (Å²) in [7, 11) is 0. The Morgan fingerprint density at radius 3 is 2.73 bits per heavy atom. The highest BCUT2D eigenvalue weighted by Gasteiger charge is 2.20. The van der Waals surface area contributed by atoms with Gasteiger partial charge in [0.05, 0.1) is 5.69 Å². The first-order valence-corrected chi connectivity index (χ1v) is 8.07. The summed E-state index contributed by atoms with van der Waals surface area (Å²) in [5, 5.41) is 9.25. The van der Waals surface area contributed by atoms with Gasteiger partial charge in [-0.05, 0) is 36.5 Å². The highest BCUT2D eigenvalue weighted by atomic mass is 35.5. The van der Waals surface area contributed by atoms with E-state index in [1.165, 1.54) is 0 Å². The molecule has 6 heteroatoms. The van der Waals surface area contributed by atoms with Gasteiger partial charge in [0.25, 0.3) is 0 Å². The third-order valence-corrected chi connectivity index (χ3v) is 4.27. The molecule has 0 aliphatic carbocycles. The third kappa shape index (κ3) is 3.91. The van der Waals surface area contributed by atoms with Gasteiger partial charge in [-0.15, -0.1) is 0 Å². The maximum Gasteiger partial charge on any atom is 0.319 e. The summed E-state index contributed by atoms with van der Waals surface area (Å²) in [5.41, 5.74) is 2.82. The van der Waals surface area contributed by atoms with Gasteiger partial charge < -0.3 is 16.0 Å². The first-order valence-electron chi connectivity index (χ1n) is 7.69. The number of aryl methyl sites for hydroxylation is 1. The maximum atomic E-state index is 12.2. The Hall–Kier alpha value is -1.75. The number of rotatable bonds is 4. The van der Waals surface area contributed by atoms with Crippen LogP contribution in [-0.2, 0) is 17.6 Å². The third-order valence-electron chi connectivity index (χ3n) is 3.92. The Morgan fingerprint density at radius 2 is 2.14 bits per heavy atom. The summed E-state index contributed by atoms with van der Waals surface area (Å²) in [4.78, 5) is 23.4. The first kappa shape index (κ1) is 16.6. The smallest absolute Gasteiger partial charge is 0.319 e. The highest BCUT2D eigenvalue weighted by molar-refractivity contribution is 6.31. The largest absolute Gasteiger partial charge is 0.354 e. The molecule has 0 saturated carbocycles. The van der Waals surface area contributed by atoms with Crippen LogP contribution in [0.25, 0.3) is 0 Å². The van der Waals surface area contributed by atoms with Gasteiger partial charge >= 0.3 is 6.03 Å². The van der Waals surface area contributed by atoms with E-state index in [1.54, 1.807) is 0 Å². The second kappa shape index (κ2) is 7.49. The Morgan fingerprint density at radius 1 is 1.36 bits per heavy atom. The zero-order chi connectivity index (χ0) is 16.1. The lowest BCUT2D eigenvalue weighted by molar-refractivity contribution is -0.122. The summed E-state index contributed by atoms with van der Waals surface area (Å²) in [6, 6.07) is 3.52. The molecule has 1 atom stereocenters. The van der Waals surface area contributed by atoms with Gasteiger partial charge in [0.15, 0.2) is 0 Å². The fraction of sp³-hybridized carbons (Fsp3) is 0.500. The average Bonchev–Trinajstić information content (AvgIpc) is 2.50. The molecule has 0 radical (unpaired) electrons. The predicted molar refractivity (Wildman–Crippen MR) is 88.4 cm³/mol. The van der Waals surface area contributed by atoms with E-state index in [0.29, 0.717) is 24.4 Å². The van der Waals surface area contributed by atoms with Crippen molar-refractivity contribution in [3.05, 3.63) is 28.3 Å². The lowest BCUT2D eigenvalue weighted by Gasteiger charge is -2.24. The summed E-state index contributed by atoms with van der Waals surface area (Å²) >= 11 is 6.23. The highest BCUT2D eigenvalue weighted by Crippen LogP contribution is 2.29. The van der Waals surface area contributed by atoms with E-state index in [9.17, 15) is 9.59 Å². The number of halogens is 1. The Balaban J connectivity index is 2.07. The number of benzene rings is 1. The Labute approximate surface area is 135 Å². The number of amides is 3. The molecule has 1 saturated heterocycles. The quantitative estimate of drug-likeness (QED) is 0.797. The number of carbonyl (C=O) groups excluding carboxylic acids is 2. The predicted octanol–water partition coefficient (Wildman–Crippen LogP) is 2.86. The van der Waals surface area contributed by atoms with E-state index >= 15 is 0 Å². The van der Waals surface area contributed by atoms with Crippen molar-refractivity contribution in [2.45, 2.75) is 45.6 Å². The molecule has 2 rings (SSSR count). The molecule has 0 unspecified atom stereocenters.